The number of fused-ring (bicyclic) bond motifs is 1. The van der Waals surface area contributed by atoms with Gasteiger partial charge in [0.25, 0.3) is 0 Å². The molecule has 2 aromatic carbocycles. The summed E-state index contributed by atoms with van der Waals surface area (Å²) in [5, 5.41) is 0. The molecule has 0 bridgehead atoms. The SMILES string of the molecule is Cc1cccc(C)c1SCC1COc2ccccc21. The van der Waals surface area contributed by atoms with E-state index in [1.165, 1.54) is 21.6 Å². The molecule has 1 heterocycles. The molecule has 1 aliphatic heterocycles. The van der Waals surface area contributed by atoms with Crippen molar-refractivity contribution in [3.63, 3.8) is 0 Å². The minimum atomic E-state index is 0.514. The average molecular weight is 270 g/mol. The van der Waals surface area contributed by atoms with Crippen molar-refractivity contribution in [2.75, 3.05) is 12.4 Å². The van der Waals surface area contributed by atoms with Gasteiger partial charge < -0.3 is 4.74 Å². The Hall–Kier alpha value is -1.41. The normalized spacial score (nSPS) is 17.1. The molecular formula is C17H18OS. The molecule has 0 fully saturated rings. The van der Waals surface area contributed by atoms with Gasteiger partial charge in [-0.3, -0.25) is 0 Å². The summed E-state index contributed by atoms with van der Waals surface area (Å²) in [6, 6.07) is 14.9. The van der Waals surface area contributed by atoms with Gasteiger partial charge in [0, 0.05) is 22.1 Å². The Morgan fingerprint density at radius 2 is 1.79 bits per heavy atom. The van der Waals surface area contributed by atoms with Crippen molar-refractivity contribution in [1.82, 2.24) is 0 Å². The molecule has 3 rings (SSSR count). The molecule has 19 heavy (non-hydrogen) atoms. The van der Waals surface area contributed by atoms with E-state index in [1.807, 2.05) is 17.8 Å². The van der Waals surface area contributed by atoms with Crippen molar-refractivity contribution >= 4 is 11.8 Å². The Morgan fingerprint density at radius 1 is 1.05 bits per heavy atom. The summed E-state index contributed by atoms with van der Waals surface area (Å²) in [7, 11) is 0. The van der Waals surface area contributed by atoms with Gasteiger partial charge in [0.15, 0.2) is 0 Å². The third-order valence-electron chi connectivity index (χ3n) is 3.64. The zero-order valence-corrected chi connectivity index (χ0v) is 12.2. The van der Waals surface area contributed by atoms with Crippen LogP contribution in [0.1, 0.15) is 22.6 Å². The van der Waals surface area contributed by atoms with E-state index in [0.29, 0.717) is 5.92 Å². The van der Waals surface area contributed by atoms with Crippen molar-refractivity contribution in [3.8, 4) is 5.75 Å². The Kier molecular flexibility index (Phi) is 3.52. The summed E-state index contributed by atoms with van der Waals surface area (Å²) in [5.74, 6) is 2.66. The van der Waals surface area contributed by atoms with E-state index in [4.69, 9.17) is 4.74 Å². The highest BCUT2D eigenvalue weighted by Gasteiger charge is 2.23. The van der Waals surface area contributed by atoms with E-state index >= 15 is 0 Å². The molecule has 1 nitrogen and oxygen atoms in total. The molecule has 0 saturated carbocycles. The van der Waals surface area contributed by atoms with Crippen LogP contribution in [0.2, 0.25) is 0 Å². The number of hydrogen-bond acceptors (Lipinski definition) is 2. The highest BCUT2D eigenvalue weighted by molar-refractivity contribution is 7.99. The van der Waals surface area contributed by atoms with E-state index < -0.39 is 0 Å². The average Bonchev–Trinajstić information content (AvgIpc) is 2.82. The first-order valence-electron chi connectivity index (χ1n) is 6.66. The fraction of sp³-hybridized carbons (Fsp3) is 0.294. The Labute approximate surface area is 119 Å². The number of benzene rings is 2. The predicted octanol–water partition coefficient (Wildman–Crippen LogP) is 4.57. The van der Waals surface area contributed by atoms with Gasteiger partial charge in [0.1, 0.15) is 5.75 Å². The second-order valence-corrected chi connectivity index (χ2v) is 6.11. The fourth-order valence-corrected chi connectivity index (χ4v) is 3.81. The molecule has 1 atom stereocenters. The maximum atomic E-state index is 5.75. The second kappa shape index (κ2) is 5.30. The maximum absolute atomic E-state index is 5.75. The number of aryl methyl sites for hydroxylation is 2. The van der Waals surface area contributed by atoms with Crippen LogP contribution in [-0.4, -0.2) is 12.4 Å². The highest BCUT2D eigenvalue weighted by Crippen LogP contribution is 2.38. The first-order valence-corrected chi connectivity index (χ1v) is 7.65. The third-order valence-corrected chi connectivity index (χ3v) is 5.14. The molecule has 0 aromatic heterocycles. The smallest absolute Gasteiger partial charge is 0.122 e. The van der Waals surface area contributed by atoms with E-state index in [1.54, 1.807) is 0 Å². The quantitative estimate of drug-likeness (QED) is 0.755. The van der Waals surface area contributed by atoms with Gasteiger partial charge >= 0.3 is 0 Å². The van der Waals surface area contributed by atoms with Crippen LogP contribution < -0.4 is 4.74 Å². The lowest BCUT2D eigenvalue weighted by molar-refractivity contribution is 0.339. The largest absolute Gasteiger partial charge is 0.493 e. The number of thioether (sulfide) groups is 1. The van der Waals surface area contributed by atoms with Crippen LogP contribution in [0.4, 0.5) is 0 Å². The molecule has 98 valence electrons. The monoisotopic (exact) mass is 270 g/mol. The predicted molar refractivity (Wildman–Crippen MR) is 81.3 cm³/mol. The lowest BCUT2D eigenvalue weighted by atomic mass is 10.0. The molecular weight excluding hydrogens is 252 g/mol. The summed E-state index contributed by atoms with van der Waals surface area (Å²) < 4.78 is 5.75. The van der Waals surface area contributed by atoms with Gasteiger partial charge in [-0.15, -0.1) is 11.8 Å². The Balaban J connectivity index is 1.75. The lowest BCUT2D eigenvalue weighted by Crippen LogP contribution is -2.03. The molecule has 0 amide bonds. The minimum absolute atomic E-state index is 0.514. The standard InChI is InChI=1S/C17H18OS/c1-12-6-5-7-13(2)17(12)19-11-14-10-18-16-9-4-3-8-15(14)16/h3-9,14H,10-11H2,1-2H3. The van der Waals surface area contributed by atoms with Crippen LogP contribution in [0.15, 0.2) is 47.4 Å². The number of rotatable bonds is 3. The van der Waals surface area contributed by atoms with Crippen molar-refractivity contribution in [1.29, 1.82) is 0 Å². The van der Waals surface area contributed by atoms with Gasteiger partial charge in [-0.1, -0.05) is 36.4 Å². The molecule has 1 aliphatic rings. The number of ether oxygens (including phenoxy) is 1. The Bertz CT molecular complexity index is 571. The zero-order chi connectivity index (χ0) is 13.2. The van der Waals surface area contributed by atoms with Crippen molar-refractivity contribution in [2.45, 2.75) is 24.7 Å². The summed E-state index contributed by atoms with van der Waals surface area (Å²) in [5.41, 5.74) is 4.11. The minimum Gasteiger partial charge on any atom is -0.493 e. The third kappa shape index (κ3) is 2.50. The molecule has 2 heteroatoms. The fourth-order valence-electron chi connectivity index (χ4n) is 2.58. The summed E-state index contributed by atoms with van der Waals surface area (Å²) in [6.45, 7) is 5.19. The van der Waals surface area contributed by atoms with Gasteiger partial charge in [-0.05, 0) is 31.0 Å². The van der Waals surface area contributed by atoms with Crippen LogP contribution in [0.5, 0.6) is 5.75 Å². The van der Waals surface area contributed by atoms with Crippen LogP contribution >= 0.6 is 11.8 Å². The molecule has 0 aliphatic carbocycles. The molecule has 1 unspecified atom stereocenters. The number of para-hydroxylation sites is 1. The van der Waals surface area contributed by atoms with Crippen LogP contribution in [0, 0.1) is 13.8 Å². The van der Waals surface area contributed by atoms with Crippen molar-refractivity contribution in [2.24, 2.45) is 0 Å². The van der Waals surface area contributed by atoms with Crippen LogP contribution in [0.25, 0.3) is 0 Å². The van der Waals surface area contributed by atoms with E-state index in [0.717, 1.165) is 18.1 Å². The van der Waals surface area contributed by atoms with Crippen LogP contribution in [-0.2, 0) is 0 Å². The van der Waals surface area contributed by atoms with E-state index in [2.05, 4.69) is 50.2 Å². The highest BCUT2D eigenvalue weighted by atomic mass is 32.2. The molecule has 0 N–H and O–H groups in total. The Morgan fingerprint density at radius 3 is 2.58 bits per heavy atom. The van der Waals surface area contributed by atoms with E-state index in [-0.39, 0.29) is 0 Å². The van der Waals surface area contributed by atoms with Gasteiger partial charge in [-0.25, -0.2) is 0 Å². The summed E-state index contributed by atoms with van der Waals surface area (Å²) >= 11 is 1.95. The van der Waals surface area contributed by atoms with Crippen molar-refractivity contribution < 1.29 is 4.74 Å². The number of hydrogen-bond donors (Lipinski definition) is 0. The van der Waals surface area contributed by atoms with Gasteiger partial charge in [-0.2, -0.15) is 0 Å². The first kappa shape index (κ1) is 12.6. The summed E-state index contributed by atoms with van der Waals surface area (Å²) in [6.07, 6.45) is 0. The molecule has 0 radical (unpaired) electrons. The molecule has 2 aromatic rings. The van der Waals surface area contributed by atoms with Crippen LogP contribution in [0.3, 0.4) is 0 Å². The maximum Gasteiger partial charge on any atom is 0.122 e. The zero-order valence-electron chi connectivity index (χ0n) is 11.3. The van der Waals surface area contributed by atoms with Gasteiger partial charge in [0.05, 0.1) is 6.61 Å². The summed E-state index contributed by atoms with van der Waals surface area (Å²) in [4.78, 5) is 1.42. The van der Waals surface area contributed by atoms with E-state index in [9.17, 15) is 0 Å². The lowest BCUT2D eigenvalue weighted by Gasteiger charge is -2.12. The van der Waals surface area contributed by atoms with Gasteiger partial charge in [0.2, 0.25) is 0 Å². The van der Waals surface area contributed by atoms with Crippen molar-refractivity contribution in [3.05, 3.63) is 59.2 Å². The first-order chi connectivity index (χ1) is 9.25. The molecule has 0 saturated heterocycles. The topological polar surface area (TPSA) is 9.23 Å². The molecule has 0 spiro atoms. The second-order valence-electron chi connectivity index (χ2n) is 5.08.